The predicted molar refractivity (Wildman–Crippen MR) is 31.9 cm³/mol. The van der Waals surface area contributed by atoms with Crippen LogP contribution < -0.4 is 0 Å². The van der Waals surface area contributed by atoms with Gasteiger partial charge < -0.3 is 0 Å². The maximum Gasteiger partial charge on any atom is 0.249 e. The van der Waals surface area contributed by atoms with Crippen LogP contribution in [0.2, 0.25) is 0 Å². The molecule has 1 saturated heterocycles. The Hall–Kier alpha value is -0.570. The molecular weight excluding hydrogens is 118 g/mol. The van der Waals surface area contributed by atoms with Crippen molar-refractivity contribution in [3.05, 3.63) is 0 Å². The quantitative estimate of drug-likeness (QED) is 0.487. The monoisotopic (exact) mass is 129 g/mol. The van der Waals surface area contributed by atoms with E-state index in [0.717, 1.165) is 11.5 Å². The third kappa shape index (κ3) is 0.920. The lowest BCUT2D eigenvalue weighted by Gasteiger charge is -2.10. The molecule has 2 atom stereocenters. The van der Waals surface area contributed by atoms with E-state index in [-0.39, 0.29) is 17.9 Å². The zero-order chi connectivity index (χ0) is 7.02. The molecule has 0 aromatic heterocycles. The summed E-state index contributed by atoms with van der Waals surface area (Å²) in [5.41, 5.74) is 0. The molecule has 1 fully saturated rings. The molecule has 52 valence electrons. The van der Waals surface area contributed by atoms with E-state index in [0.29, 0.717) is 0 Å². The van der Waals surface area contributed by atoms with Crippen molar-refractivity contribution in [1.82, 2.24) is 5.06 Å². The standard InChI is InChI=1S/C6H11NO2/c1-4-3-5(2)7(9)6(4)8/h4-5,9H,3H2,1-2H3. The summed E-state index contributed by atoms with van der Waals surface area (Å²) in [4.78, 5) is 10.8. The summed E-state index contributed by atoms with van der Waals surface area (Å²) in [6.45, 7) is 3.66. The zero-order valence-corrected chi connectivity index (χ0v) is 5.66. The van der Waals surface area contributed by atoms with Gasteiger partial charge in [0.1, 0.15) is 0 Å². The van der Waals surface area contributed by atoms with Crippen molar-refractivity contribution in [3.8, 4) is 0 Å². The Balaban J connectivity index is 2.65. The van der Waals surface area contributed by atoms with E-state index in [1.807, 2.05) is 13.8 Å². The summed E-state index contributed by atoms with van der Waals surface area (Å²) in [6.07, 6.45) is 0.773. The van der Waals surface area contributed by atoms with Gasteiger partial charge in [0.25, 0.3) is 0 Å². The van der Waals surface area contributed by atoms with Crippen LogP contribution in [-0.2, 0) is 4.79 Å². The maximum atomic E-state index is 10.8. The highest BCUT2D eigenvalue weighted by molar-refractivity contribution is 5.79. The van der Waals surface area contributed by atoms with Crippen LogP contribution >= 0.6 is 0 Å². The van der Waals surface area contributed by atoms with Gasteiger partial charge in [-0.3, -0.25) is 10.0 Å². The van der Waals surface area contributed by atoms with E-state index in [1.54, 1.807) is 0 Å². The molecule has 0 bridgehead atoms. The molecule has 3 heteroatoms. The number of carbonyl (C=O) groups is 1. The van der Waals surface area contributed by atoms with Crippen molar-refractivity contribution < 1.29 is 10.0 Å². The summed E-state index contributed by atoms with van der Waals surface area (Å²) in [6, 6.07) is 0.00694. The van der Waals surface area contributed by atoms with E-state index >= 15 is 0 Å². The molecule has 3 nitrogen and oxygen atoms in total. The normalized spacial score (nSPS) is 35.9. The number of nitrogens with zero attached hydrogens (tertiary/aromatic N) is 1. The van der Waals surface area contributed by atoms with Crippen LogP contribution in [0.3, 0.4) is 0 Å². The fourth-order valence-electron chi connectivity index (χ4n) is 1.16. The lowest BCUT2D eigenvalue weighted by Crippen LogP contribution is -2.27. The molecule has 0 radical (unpaired) electrons. The van der Waals surface area contributed by atoms with E-state index in [1.165, 1.54) is 0 Å². The van der Waals surface area contributed by atoms with Gasteiger partial charge in [-0.2, -0.15) is 0 Å². The minimum Gasteiger partial charge on any atom is -0.286 e. The SMILES string of the molecule is CC1CC(C)N(O)C1=O. The Morgan fingerprint density at radius 2 is 2.22 bits per heavy atom. The summed E-state index contributed by atoms with van der Waals surface area (Å²) >= 11 is 0. The average Bonchev–Trinajstić information content (AvgIpc) is 1.98. The molecule has 1 heterocycles. The first-order valence-corrected chi connectivity index (χ1v) is 3.15. The molecule has 9 heavy (non-hydrogen) atoms. The number of carbonyl (C=O) groups excluding carboxylic acids is 1. The Kier molecular flexibility index (Phi) is 1.45. The summed E-state index contributed by atoms with van der Waals surface area (Å²) in [5.74, 6) is -0.146. The van der Waals surface area contributed by atoms with Gasteiger partial charge in [0, 0.05) is 5.92 Å². The Morgan fingerprint density at radius 1 is 1.67 bits per heavy atom. The number of rotatable bonds is 0. The second kappa shape index (κ2) is 1.99. The van der Waals surface area contributed by atoms with Crippen LogP contribution in [0.15, 0.2) is 0 Å². The summed E-state index contributed by atoms with van der Waals surface area (Å²) < 4.78 is 0. The highest BCUT2D eigenvalue weighted by Gasteiger charge is 2.32. The van der Waals surface area contributed by atoms with Crippen molar-refractivity contribution >= 4 is 5.91 Å². The first-order valence-electron chi connectivity index (χ1n) is 3.15. The lowest BCUT2D eigenvalue weighted by molar-refractivity contribution is -0.165. The minimum atomic E-state index is -0.150. The second-order valence-electron chi connectivity index (χ2n) is 2.67. The first-order chi connectivity index (χ1) is 4.13. The van der Waals surface area contributed by atoms with Gasteiger partial charge >= 0.3 is 0 Å². The van der Waals surface area contributed by atoms with Crippen LogP contribution in [0.1, 0.15) is 20.3 Å². The van der Waals surface area contributed by atoms with Gasteiger partial charge in [-0.05, 0) is 13.3 Å². The fourth-order valence-corrected chi connectivity index (χ4v) is 1.16. The van der Waals surface area contributed by atoms with Crippen LogP contribution in [0.25, 0.3) is 0 Å². The number of hydrogen-bond donors (Lipinski definition) is 1. The molecular formula is C6H11NO2. The highest BCUT2D eigenvalue weighted by atomic mass is 16.5. The van der Waals surface area contributed by atoms with E-state index in [2.05, 4.69) is 0 Å². The van der Waals surface area contributed by atoms with Gasteiger partial charge in [-0.15, -0.1) is 0 Å². The first kappa shape index (κ1) is 6.55. The largest absolute Gasteiger partial charge is 0.286 e. The zero-order valence-electron chi connectivity index (χ0n) is 5.66. The Bertz CT molecular complexity index is 135. The predicted octanol–water partition coefficient (Wildman–Crippen LogP) is 0.632. The summed E-state index contributed by atoms with van der Waals surface area (Å²) in [5, 5.41) is 9.74. The van der Waals surface area contributed by atoms with Crippen molar-refractivity contribution in [2.45, 2.75) is 26.3 Å². The second-order valence-corrected chi connectivity index (χ2v) is 2.67. The van der Waals surface area contributed by atoms with Gasteiger partial charge in [0.05, 0.1) is 6.04 Å². The number of hydroxylamine groups is 2. The highest BCUT2D eigenvalue weighted by Crippen LogP contribution is 2.21. The molecule has 2 unspecified atom stereocenters. The fraction of sp³-hybridized carbons (Fsp3) is 0.833. The average molecular weight is 129 g/mol. The smallest absolute Gasteiger partial charge is 0.249 e. The van der Waals surface area contributed by atoms with Crippen LogP contribution in [0, 0.1) is 5.92 Å². The molecule has 1 aliphatic rings. The van der Waals surface area contributed by atoms with Crippen molar-refractivity contribution in [2.75, 3.05) is 0 Å². The van der Waals surface area contributed by atoms with Crippen molar-refractivity contribution in [1.29, 1.82) is 0 Å². The minimum absolute atomic E-state index is 0.00463. The Labute approximate surface area is 54.2 Å². The topological polar surface area (TPSA) is 40.5 Å². The van der Waals surface area contributed by atoms with Gasteiger partial charge in [0.15, 0.2) is 0 Å². The van der Waals surface area contributed by atoms with E-state index in [9.17, 15) is 4.79 Å². The molecule has 1 aliphatic heterocycles. The van der Waals surface area contributed by atoms with Gasteiger partial charge in [-0.25, -0.2) is 5.06 Å². The van der Waals surface area contributed by atoms with E-state index in [4.69, 9.17) is 5.21 Å². The lowest BCUT2D eigenvalue weighted by atomic mass is 10.1. The molecule has 0 spiro atoms. The molecule has 1 rings (SSSR count). The molecule has 0 saturated carbocycles. The number of hydrogen-bond acceptors (Lipinski definition) is 2. The third-order valence-corrected chi connectivity index (χ3v) is 1.76. The van der Waals surface area contributed by atoms with Gasteiger partial charge in [-0.1, -0.05) is 6.92 Å². The van der Waals surface area contributed by atoms with Crippen LogP contribution in [-0.4, -0.2) is 22.2 Å². The van der Waals surface area contributed by atoms with Crippen molar-refractivity contribution in [2.24, 2.45) is 5.92 Å². The summed E-state index contributed by atoms with van der Waals surface area (Å²) in [7, 11) is 0. The third-order valence-electron chi connectivity index (χ3n) is 1.76. The molecule has 1 N–H and O–H groups in total. The van der Waals surface area contributed by atoms with Gasteiger partial charge in [0.2, 0.25) is 5.91 Å². The molecule has 0 aromatic rings. The molecule has 0 aliphatic carbocycles. The van der Waals surface area contributed by atoms with Crippen molar-refractivity contribution in [3.63, 3.8) is 0 Å². The van der Waals surface area contributed by atoms with Crippen LogP contribution in [0.5, 0.6) is 0 Å². The van der Waals surface area contributed by atoms with E-state index < -0.39 is 0 Å². The molecule has 1 amide bonds. The maximum absolute atomic E-state index is 10.8. The Morgan fingerprint density at radius 3 is 2.33 bits per heavy atom. The molecule has 0 aromatic carbocycles. The number of amides is 1. The van der Waals surface area contributed by atoms with Crippen LogP contribution in [0.4, 0.5) is 0 Å².